The van der Waals surface area contributed by atoms with Crippen LogP contribution in [0.4, 0.5) is 5.69 Å². The smallest absolute Gasteiger partial charge is 0.261 e. The molecule has 0 unspecified atom stereocenters. The molecule has 1 atom stereocenters. The summed E-state index contributed by atoms with van der Waals surface area (Å²) in [6, 6.07) is 11.1. The van der Waals surface area contributed by atoms with Gasteiger partial charge in [-0.2, -0.15) is 0 Å². The van der Waals surface area contributed by atoms with Gasteiger partial charge in [0, 0.05) is 31.1 Å². The summed E-state index contributed by atoms with van der Waals surface area (Å²) in [4.78, 5) is 28.7. The van der Waals surface area contributed by atoms with Gasteiger partial charge in [0.05, 0.1) is 27.8 Å². The summed E-state index contributed by atoms with van der Waals surface area (Å²) in [7, 11) is -4.05. The second kappa shape index (κ2) is 12.1. The Labute approximate surface area is 217 Å². The molecule has 36 heavy (non-hydrogen) atoms. The lowest BCUT2D eigenvalue weighted by atomic mass is 10.1. The van der Waals surface area contributed by atoms with Crippen LogP contribution in [0, 0.1) is 0 Å². The lowest BCUT2D eigenvalue weighted by Gasteiger charge is -2.22. The maximum atomic E-state index is 13.4. The molecule has 4 rings (SSSR count). The number of amides is 2. The molecule has 8 nitrogen and oxygen atoms in total. The number of carbonyl (C=O) groups excluding carboxylic acids is 2. The standard InChI is InChI=1S/C26H33N3O5S2/c1-35-24-13-12-20(17-22(24)26(31)29-14-6-2-3-7-15-29)36(32,33)28-23-11-5-4-10-21(23)25(30)27-18-19-9-8-16-34-19/h4-5,10-13,17,19,28H,2-3,6-9,14-16,18H2,1H3,(H,27,30)/t19-/m1/s1. The van der Waals surface area contributed by atoms with Crippen LogP contribution in [-0.4, -0.2) is 63.7 Å². The number of nitrogens with zero attached hydrogens (tertiary/aromatic N) is 1. The first-order valence-corrected chi connectivity index (χ1v) is 15.1. The molecule has 0 spiro atoms. The van der Waals surface area contributed by atoms with Crippen molar-refractivity contribution in [1.82, 2.24) is 10.2 Å². The minimum absolute atomic E-state index is 0.0203. The Morgan fingerprint density at radius 3 is 2.47 bits per heavy atom. The van der Waals surface area contributed by atoms with E-state index < -0.39 is 10.0 Å². The first kappa shape index (κ1) is 26.5. The molecule has 0 radical (unpaired) electrons. The van der Waals surface area contributed by atoms with Crippen LogP contribution in [0.25, 0.3) is 0 Å². The number of hydrogen-bond donors (Lipinski definition) is 2. The average Bonchev–Trinajstić information content (AvgIpc) is 3.26. The van der Waals surface area contributed by atoms with Crippen molar-refractivity contribution < 1.29 is 22.7 Å². The fourth-order valence-electron chi connectivity index (χ4n) is 4.55. The zero-order valence-electron chi connectivity index (χ0n) is 20.5. The van der Waals surface area contributed by atoms with E-state index >= 15 is 0 Å². The van der Waals surface area contributed by atoms with Crippen LogP contribution >= 0.6 is 11.8 Å². The number of thioether (sulfide) groups is 1. The number of nitrogens with one attached hydrogen (secondary N) is 2. The Hall–Kier alpha value is -2.56. The van der Waals surface area contributed by atoms with Gasteiger partial charge in [-0.15, -0.1) is 11.8 Å². The number of carbonyl (C=O) groups is 2. The van der Waals surface area contributed by atoms with Crippen LogP contribution in [0.5, 0.6) is 0 Å². The molecule has 2 saturated heterocycles. The average molecular weight is 532 g/mol. The highest BCUT2D eigenvalue weighted by Gasteiger charge is 2.25. The normalized spacial score (nSPS) is 18.5. The van der Waals surface area contributed by atoms with Gasteiger partial charge in [0.15, 0.2) is 0 Å². The molecule has 2 fully saturated rings. The Kier molecular flexibility index (Phi) is 8.92. The molecule has 0 aliphatic carbocycles. The minimum atomic E-state index is -4.05. The minimum Gasteiger partial charge on any atom is -0.376 e. The Balaban J connectivity index is 1.55. The van der Waals surface area contributed by atoms with Crippen molar-refractivity contribution in [3.05, 3.63) is 53.6 Å². The molecule has 0 aromatic heterocycles. The van der Waals surface area contributed by atoms with E-state index in [1.54, 1.807) is 30.3 Å². The largest absolute Gasteiger partial charge is 0.376 e. The van der Waals surface area contributed by atoms with Crippen LogP contribution in [0.15, 0.2) is 52.3 Å². The fourth-order valence-corrected chi connectivity index (χ4v) is 6.22. The van der Waals surface area contributed by atoms with Crippen molar-refractivity contribution in [3.8, 4) is 0 Å². The molecule has 2 aliphatic heterocycles. The lowest BCUT2D eigenvalue weighted by Crippen LogP contribution is -2.32. The quantitative estimate of drug-likeness (QED) is 0.496. The van der Waals surface area contributed by atoms with Gasteiger partial charge < -0.3 is 15.0 Å². The molecule has 2 aromatic carbocycles. The third-order valence-corrected chi connectivity index (χ3v) is 8.69. The predicted octanol–water partition coefficient (Wildman–Crippen LogP) is 4.13. The van der Waals surface area contributed by atoms with Crippen LogP contribution < -0.4 is 10.0 Å². The number of rotatable bonds is 8. The topological polar surface area (TPSA) is 105 Å². The first-order chi connectivity index (χ1) is 17.4. The summed E-state index contributed by atoms with van der Waals surface area (Å²) in [6.07, 6.45) is 7.79. The van der Waals surface area contributed by atoms with E-state index in [1.165, 1.54) is 23.9 Å². The summed E-state index contributed by atoms with van der Waals surface area (Å²) in [5.41, 5.74) is 0.784. The van der Waals surface area contributed by atoms with Gasteiger partial charge >= 0.3 is 0 Å². The third kappa shape index (κ3) is 6.41. The van der Waals surface area contributed by atoms with Crippen molar-refractivity contribution >= 4 is 39.3 Å². The zero-order chi connectivity index (χ0) is 25.5. The van der Waals surface area contributed by atoms with E-state index in [1.807, 2.05) is 11.2 Å². The van der Waals surface area contributed by atoms with Crippen LogP contribution in [0.1, 0.15) is 59.2 Å². The molecule has 194 valence electrons. The van der Waals surface area contributed by atoms with Crippen LogP contribution in [0.2, 0.25) is 0 Å². The van der Waals surface area contributed by atoms with Gasteiger partial charge in [0.2, 0.25) is 0 Å². The molecule has 10 heteroatoms. The number of para-hydroxylation sites is 1. The fraction of sp³-hybridized carbons (Fsp3) is 0.462. The number of ether oxygens (including phenoxy) is 1. The van der Waals surface area contributed by atoms with Crippen molar-refractivity contribution in [1.29, 1.82) is 0 Å². The first-order valence-electron chi connectivity index (χ1n) is 12.4. The lowest BCUT2D eigenvalue weighted by molar-refractivity contribution is 0.0757. The van der Waals surface area contributed by atoms with Crippen molar-refractivity contribution in [2.24, 2.45) is 0 Å². The molecule has 2 amide bonds. The van der Waals surface area contributed by atoms with E-state index in [2.05, 4.69) is 10.0 Å². The summed E-state index contributed by atoms with van der Waals surface area (Å²) >= 11 is 1.41. The molecule has 2 heterocycles. The van der Waals surface area contributed by atoms with Gasteiger partial charge in [-0.05, 0) is 62.3 Å². The third-order valence-electron chi connectivity index (χ3n) is 6.54. The number of anilines is 1. The van der Waals surface area contributed by atoms with E-state index in [9.17, 15) is 18.0 Å². The molecule has 2 N–H and O–H groups in total. The number of benzene rings is 2. The number of likely N-dealkylation sites (tertiary alicyclic amines) is 1. The second-order valence-corrected chi connectivity index (χ2v) is 11.6. The summed E-state index contributed by atoms with van der Waals surface area (Å²) in [6.45, 7) is 2.42. The van der Waals surface area contributed by atoms with Gasteiger partial charge in [-0.25, -0.2) is 8.42 Å². The van der Waals surface area contributed by atoms with E-state index in [4.69, 9.17) is 4.74 Å². The van der Waals surface area contributed by atoms with Gasteiger partial charge in [-0.1, -0.05) is 25.0 Å². The van der Waals surface area contributed by atoms with E-state index in [0.29, 0.717) is 31.8 Å². The molecular formula is C26H33N3O5S2. The number of hydrogen-bond acceptors (Lipinski definition) is 6. The Morgan fingerprint density at radius 2 is 1.78 bits per heavy atom. The molecule has 2 aromatic rings. The Bertz CT molecular complexity index is 1190. The van der Waals surface area contributed by atoms with E-state index in [0.717, 1.165) is 43.4 Å². The van der Waals surface area contributed by atoms with Crippen molar-refractivity contribution in [3.63, 3.8) is 0 Å². The van der Waals surface area contributed by atoms with Crippen molar-refractivity contribution in [2.45, 2.75) is 54.4 Å². The second-order valence-electron chi connectivity index (χ2n) is 9.06. The highest BCUT2D eigenvalue weighted by molar-refractivity contribution is 7.98. The summed E-state index contributed by atoms with van der Waals surface area (Å²) < 4.78 is 34.8. The molecular weight excluding hydrogens is 498 g/mol. The van der Waals surface area contributed by atoms with Gasteiger partial charge in [-0.3, -0.25) is 14.3 Å². The maximum absolute atomic E-state index is 13.4. The predicted molar refractivity (Wildman–Crippen MR) is 141 cm³/mol. The van der Waals surface area contributed by atoms with Gasteiger partial charge in [0.1, 0.15) is 0 Å². The summed E-state index contributed by atoms with van der Waals surface area (Å²) in [5, 5.41) is 2.84. The zero-order valence-corrected chi connectivity index (χ0v) is 22.1. The van der Waals surface area contributed by atoms with Crippen molar-refractivity contribution in [2.75, 3.05) is 37.2 Å². The highest BCUT2D eigenvalue weighted by Crippen LogP contribution is 2.28. The summed E-state index contributed by atoms with van der Waals surface area (Å²) in [5.74, 6) is -0.522. The molecule has 0 bridgehead atoms. The van der Waals surface area contributed by atoms with Gasteiger partial charge in [0.25, 0.3) is 21.8 Å². The monoisotopic (exact) mass is 531 g/mol. The Morgan fingerprint density at radius 1 is 1.03 bits per heavy atom. The maximum Gasteiger partial charge on any atom is 0.261 e. The SMILES string of the molecule is CSc1ccc(S(=O)(=O)Nc2ccccc2C(=O)NC[C@H]2CCCO2)cc1C(=O)N1CCCCCC1. The molecule has 0 saturated carbocycles. The van der Waals surface area contributed by atoms with Crippen LogP contribution in [-0.2, 0) is 14.8 Å². The van der Waals surface area contributed by atoms with Crippen LogP contribution in [0.3, 0.4) is 0 Å². The molecule has 2 aliphatic rings. The number of sulfonamides is 1. The van der Waals surface area contributed by atoms with E-state index in [-0.39, 0.29) is 34.1 Å². The highest BCUT2D eigenvalue weighted by atomic mass is 32.2.